The summed E-state index contributed by atoms with van der Waals surface area (Å²) >= 11 is 1.49. The van der Waals surface area contributed by atoms with Gasteiger partial charge in [-0.05, 0) is 30.2 Å². The van der Waals surface area contributed by atoms with Crippen LogP contribution in [0.1, 0.15) is 12.1 Å². The molecule has 1 aromatic carbocycles. The monoisotopic (exact) mass is 296 g/mol. The highest BCUT2D eigenvalue weighted by Crippen LogP contribution is 2.34. The molecule has 4 rings (SSSR count). The fraction of sp³-hybridized carbons (Fsp3) is 0.294. The van der Waals surface area contributed by atoms with Gasteiger partial charge in [0.15, 0.2) is 0 Å². The number of rotatable bonds is 2. The summed E-state index contributed by atoms with van der Waals surface area (Å²) in [5, 5.41) is 1.83. The van der Waals surface area contributed by atoms with E-state index in [0.717, 1.165) is 37.3 Å². The average molecular weight is 296 g/mol. The summed E-state index contributed by atoms with van der Waals surface area (Å²) < 4.78 is 0. The molecule has 0 aliphatic carbocycles. The number of para-hydroxylation sites is 1. The van der Waals surface area contributed by atoms with Crippen LogP contribution in [0.15, 0.2) is 48.0 Å². The Morgan fingerprint density at radius 1 is 1.24 bits per heavy atom. The smallest absolute Gasteiger partial charge is 0.212 e. The van der Waals surface area contributed by atoms with Crippen LogP contribution in [0.2, 0.25) is 0 Å². The van der Waals surface area contributed by atoms with Crippen LogP contribution in [0.5, 0.6) is 0 Å². The molecule has 1 saturated heterocycles. The van der Waals surface area contributed by atoms with E-state index in [0.29, 0.717) is 5.25 Å². The van der Waals surface area contributed by atoms with Gasteiger partial charge in [-0.3, -0.25) is 14.7 Å². The van der Waals surface area contributed by atoms with Crippen molar-refractivity contribution in [2.24, 2.45) is 0 Å². The zero-order chi connectivity index (χ0) is 14.2. The second kappa shape index (κ2) is 5.28. The third kappa shape index (κ3) is 2.61. The molecule has 0 spiro atoms. The Hall–Kier alpha value is -1.65. The van der Waals surface area contributed by atoms with Gasteiger partial charge in [0.05, 0.1) is 11.2 Å². The van der Waals surface area contributed by atoms with E-state index in [1.807, 2.05) is 18.2 Å². The maximum absolute atomic E-state index is 11.5. The summed E-state index contributed by atoms with van der Waals surface area (Å²) in [6.45, 7) is 2.79. The average Bonchev–Trinajstić information content (AvgIpc) is 2.86. The van der Waals surface area contributed by atoms with E-state index < -0.39 is 0 Å². The zero-order valence-electron chi connectivity index (χ0n) is 11.7. The van der Waals surface area contributed by atoms with Crippen molar-refractivity contribution in [2.45, 2.75) is 18.2 Å². The van der Waals surface area contributed by atoms with Crippen LogP contribution in [0, 0.1) is 0 Å². The van der Waals surface area contributed by atoms with Crippen molar-refractivity contribution in [1.82, 2.24) is 9.88 Å². The maximum Gasteiger partial charge on any atom is 0.212 e. The van der Waals surface area contributed by atoms with Gasteiger partial charge in [-0.25, -0.2) is 0 Å². The molecule has 2 aromatic rings. The van der Waals surface area contributed by atoms with Gasteiger partial charge in [0.2, 0.25) is 5.12 Å². The molecule has 0 radical (unpaired) electrons. The standard InChI is InChI=1S/C17H16N2OS/c20-17-9-13-10-19(8-7-16(13)21-17)11-14-6-5-12-3-1-2-4-15(12)18-14/h1-6,9,16H,7-8,10-11H2. The molecule has 106 valence electrons. The highest BCUT2D eigenvalue weighted by Gasteiger charge is 2.30. The van der Waals surface area contributed by atoms with Gasteiger partial charge in [0, 0.05) is 30.3 Å². The molecule has 0 amide bonds. The van der Waals surface area contributed by atoms with Crippen LogP contribution in [-0.4, -0.2) is 33.3 Å². The van der Waals surface area contributed by atoms with Crippen LogP contribution in [0.4, 0.5) is 0 Å². The van der Waals surface area contributed by atoms with Gasteiger partial charge in [-0.15, -0.1) is 0 Å². The number of fused-ring (bicyclic) bond motifs is 2. The predicted octanol–water partition coefficient (Wildman–Crippen LogP) is 3.01. The Bertz CT molecular complexity index is 740. The van der Waals surface area contributed by atoms with Crippen LogP contribution < -0.4 is 0 Å². The van der Waals surface area contributed by atoms with Crippen LogP contribution in [0.25, 0.3) is 10.9 Å². The number of piperidine rings is 1. The topological polar surface area (TPSA) is 33.2 Å². The molecule has 0 N–H and O–H groups in total. The van der Waals surface area contributed by atoms with E-state index >= 15 is 0 Å². The number of aromatic nitrogens is 1. The number of benzene rings is 1. The lowest BCUT2D eigenvalue weighted by Crippen LogP contribution is -2.35. The van der Waals surface area contributed by atoms with Crippen LogP contribution in [-0.2, 0) is 11.3 Å². The van der Waals surface area contributed by atoms with Crippen molar-refractivity contribution >= 4 is 27.8 Å². The predicted molar refractivity (Wildman–Crippen MR) is 86.1 cm³/mol. The molecule has 3 heterocycles. The molecule has 1 unspecified atom stereocenters. The van der Waals surface area contributed by atoms with Crippen molar-refractivity contribution in [3.8, 4) is 0 Å². The molecule has 2 aliphatic heterocycles. The summed E-state index contributed by atoms with van der Waals surface area (Å²) in [5.74, 6) is 0. The minimum atomic E-state index is 0.223. The zero-order valence-corrected chi connectivity index (χ0v) is 12.5. The second-order valence-electron chi connectivity index (χ2n) is 5.64. The molecule has 1 aromatic heterocycles. The molecule has 4 heteroatoms. The first-order chi connectivity index (χ1) is 10.3. The number of carbonyl (C=O) groups is 1. The normalized spacial score (nSPS) is 22.4. The van der Waals surface area contributed by atoms with E-state index in [1.54, 1.807) is 0 Å². The van der Waals surface area contributed by atoms with Crippen molar-refractivity contribution in [3.05, 3.63) is 53.7 Å². The molecular formula is C17H16N2OS. The number of likely N-dealkylation sites (tertiary alicyclic amines) is 1. The first-order valence-corrected chi connectivity index (χ1v) is 8.14. The SMILES string of the molecule is O=C1C=C2CN(Cc3ccc4ccccc4n3)CCC2S1. The minimum Gasteiger partial charge on any atom is -0.293 e. The Balaban J connectivity index is 1.52. The van der Waals surface area contributed by atoms with Gasteiger partial charge >= 0.3 is 0 Å². The van der Waals surface area contributed by atoms with E-state index in [1.165, 1.54) is 22.7 Å². The quantitative estimate of drug-likeness (QED) is 0.853. The highest BCUT2D eigenvalue weighted by molar-refractivity contribution is 8.15. The lowest BCUT2D eigenvalue weighted by molar-refractivity contribution is -0.106. The van der Waals surface area contributed by atoms with E-state index in [4.69, 9.17) is 4.98 Å². The molecule has 2 aliphatic rings. The van der Waals surface area contributed by atoms with Crippen LogP contribution in [0.3, 0.4) is 0 Å². The van der Waals surface area contributed by atoms with E-state index in [9.17, 15) is 4.79 Å². The van der Waals surface area contributed by atoms with Crippen molar-refractivity contribution in [2.75, 3.05) is 13.1 Å². The Morgan fingerprint density at radius 3 is 3.10 bits per heavy atom. The Kier molecular flexibility index (Phi) is 3.28. The first kappa shape index (κ1) is 13.0. The summed E-state index contributed by atoms with van der Waals surface area (Å²) in [7, 11) is 0. The van der Waals surface area contributed by atoms with Gasteiger partial charge < -0.3 is 0 Å². The van der Waals surface area contributed by atoms with E-state index in [2.05, 4.69) is 29.2 Å². The van der Waals surface area contributed by atoms with Crippen molar-refractivity contribution < 1.29 is 4.79 Å². The van der Waals surface area contributed by atoms with Crippen LogP contribution >= 0.6 is 11.8 Å². The maximum atomic E-state index is 11.5. The van der Waals surface area contributed by atoms with Gasteiger partial charge in [0.1, 0.15) is 0 Å². The number of hydrogen-bond acceptors (Lipinski definition) is 4. The first-order valence-electron chi connectivity index (χ1n) is 7.26. The highest BCUT2D eigenvalue weighted by atomic mass is 32.2. The number of nitrogens with zero attached hydrogens (tertiary/aromatic N) is 2. The third-order valence-electron chi connectivity index (χ3n) is 4.13. The summed E-state index contributed by atoms with van der Waals surface area (Å²) in [5.41, 5.74) is 3.44. The molecular weight excluding hydrogens is 280 g/mol. The summed E-state index contributed by atoms with van der Waals surface area (Å²) in [6.07, 6.45) is 2.89. The lowest BCUT2D eigenvalue weighted by atomic mass is 10.0. The minimum absolute atomic E-state index is 0.223. The third-order valence-corrected chi connectivity index (χ3v) is 5.30. The fourth-order valence-electron chi connectivity index (χ4n) is 3.08. The number of hydrogen-bond donors (Lipinski definition) is 0. The van der Waals surface area contributed by atoms with Gasteiger partial charge in [-0.1, -0.05) is 36.0 Å². The Morgan fingerprint density at radius 2 is 2.14 bits per heavy atom. The number of pyridine rings is 1. The molecule has 0 saturated carbocycles. The molecule has 1 atom stereocenters. The molecule has 1 fully saturated rings. The fourth-order valence-corrected chi connectivity index (χ4v) is 4.10. The largest absolute Gasteiger partial charge is 0.293 e. The van der Waals surface area contributed by atoms with E-state index in [-0.39, 0.29) is 5.12 Å². The van der Waals surface area contributed by atoms with Gasteiger partial charge in [0.25, 0.3) is 0 Å². The lowest BCUT2D eigenvalue weighted by Gasteiger charge is -2.30. The number of carbonyl (C=O) groups excluding carboxylic acids is 1. The summed E-state index contributed by atoms with van der Waals surface area (Å²) in [6, 6.07) is 12.5. The number of thioether (sulfide) groups is 1. The van der Waals surface area contributed by atoms with Gasteiger partial charge in [-0.2, -0.15) is 0 Å². The molecule has 0 bridgehead atoms. The molecule has 3 nitrogen and oxygen atoms in total. The molecule has 21 heavy (non-hydrogen) atoms. The van der Waals surface area contributed by atoms with Crippen molar-refractivity contribution in [3.63, 3.8) is 0 Å². The van der Waals surface area contributed by atoms with Crippen molar-refractivity contribution in [1.29, 1.82) is 0 Å². The second-order valence-corrected chi connectivity index (χ2v) is 6.85. The Labute approximate surface area is 128 Å². The summed E-state index contributed by atoms with van der Waals surface area (Å²) in [4.78, 5) is 18.6.